The summed E-state index contributed by atoms with van der Waals surface area (Å²) < 4.78 is 61.9. The molecule has 0 bridgehead atoms. The van der Waals surface area contributed by atoms with Gasteiger partial charge in [-0.3, -0.25) is 19.4 Å². The highest BCUT2D eigenvalue weighted by Gasteiger charge is 2.30. The number of aromatic nitrogens is 1. The van der Waals surface area contributed by atoms with E-state index in [2.05, 4.69) is 20.5 Å². The molecule has 1 aliphatic rings. The zero-order valence-corrected chi connectivity index (χ0v) is 37.9. The molecule has 5 rings (SSSR count). The molecule has 66 heavy (non-hydrogen) atoms. The van der Waals surface area contributed by atoms with Crippen molar-refractivity contribution in [3.05, 3.63) is 113 Å². The average Bonchev–Trinajstić information content (AvgIpc) is 3.33. The van der Waals surface area contributed by atoms with Gasteiger partial charge in [-0.15, -0.1) is 0 Å². The molecule has 4 N–H and O–H groups in total. The second-order valence-corrected chi connectivity index (χ2v) is 16.4. The Kier molecular flexibility index (Phi) is 22.2. The lowest BCUT2D eigenvalue weighted by Gasteiger charge is -2.29. The smallest absolute Gasteiger partial charge is 0.395 e. The fraction of sp³-hybridized carbons (Fsp3) is 0.458. The van der Waals surface area contributed by atoms with Gasteiger partial charge in [0.15, 0.2) is 0 Å². The summed E-state index contributed by atoms with van der Waals surface area (Å²) in [5.74, 6) is 0.448. The fourth-order valence-corrected chi connectivity index (χ4v) is 7.85. The van der Waals surface area contributed by atoms with Gasteiger partial charge in [-0.05, 0) is 85.0 Å². The first-order chi connectivity index (χ1) is 32.0. The lowest BCUT2D eigenvalue weighted by Crippen LogP contribution is -2.36. The molecule has 3 amide bonds. The first-order valence-corrected chi connectivity index (χ1v) is 23.3. The number of hydrogen-bond acceptors (Lipinski definition) is 12. The van der Waals surface area contributed by atoms with Gasteiger partial charge < -0.3 is 49.6 Å². The largest absolute Gasteiger partial charge is 0.416 e. The molecule has 14 nitrogen and oxygen atoms in total. The third-order valence-electron chi connectivity index (χ3n) is 10.5. The summed E-state index contributed by atoms with van der Waals surface area (Å²) in [7, 11) is 0. The highest BCUT2D eigenvalue weighted by Crippen LogP contribution is 2.34. The molecular weight excluding hydrogens is 880 g/mol. The van der Waals surface area contributed by atoms with Crippen molar-refractivity contribution in [1.82, 2.24) is 15.2 Å². The summed E-state index contributed by atoms with van der Waals surface area (Å²) in [6, 6.07) is 21.2. The van der Waals surface area contributed by atoms with Crippen LogP contribution in [-0.4, -0.2) is 136 Å². The number of benzene rings is 3. The van der Waals surface area contributed by atoms with Crippen LogP contribution in [0.2, 0.25) is 0 Å². The molecule has 0 atom stereocenters. The summed E-state index contributed by atoms with van der Waals surface area (Å²) in [6.07, 6.45) is 0.460. The van der Waals surface area contributed by atoms with Crippen LogP contribution < -0.4 is 15.5 Å². The molecular formula is C48H60F3N5O9S. The lowest BCUT2D eigenvalue weighted by atomic mass is 10.0. The maximum atomic E-state index is 13.8. The number of hydrogen-bond donors (Lipinski definition) is 4. The molecule has 0 unspecified atom stereocenters. The highest BCUT2D eigenvalue weighted by molar-refractivity contribution is 7.98. The van der Waals surface area contributed by atoms with Crippen LogP contribution in [0.1, 0.15) is 63.1 Å². The Balaban J connectivity index is 1.04. The van der Waals surface area contributed by atoms with Gasteiger partial charge in [0.05, 0.1) is 89.4 Å². The van der Waals surface area contributed by atoms with E-state index >= 15 is 0 Å². The van der Waals surface area contributed by atoms with E-state index in [0.29, 0.717) is 80.1 Å². The number of nitrogens with one attached hydrogen (secondary N) is 2. The third kappa shape index (κ3) is 17.6. The van der Waals surface area contributed by atoms with E-state index in [4.69, 9.17) is 29.2 Å². The number of amides is 3. The molecule has 0 spiro atoms. The number of alkyl halides is 3. The van der Waals surface area contributed by atoms with Crippen LogP contribution in [0.4, 0.5) is 24.5 Å². The Labute approximate surface area is 388 Å². The van der Waals surface area contributed by atoms with E-state index < -0.39 is 17.6 Å². The molecule has 1 aromatic heterocycles. The molecule has 358 valence electrons. The van der Waals surface area contributed by atoms with Gasteiger partial charge in [-0.25, -0.2) is 0 Å². The number of aliphatic hydroxyl groups is 2. The van der Waals surface area contributed by atoms with Crippen LogP contribution in [0.25, 0.3) is 11.3 Å². The van der Waals surface area contributed by atoms with Crippen molar-refractivity contribution in [2.24, 2.45) is 0 Å². The number of pyridine rings is 1. The number of piperidine rings is 1. The summed E-state index contributed by atoms with van der Waals surface area (Å²) in [5.41, 5.74) is 3.81. The standard InChI is InChI=1S/C48H60F3N5O9S/c49-48(50,51)40-9-5-6-36(31-40)34-53-46(60)39-12-14-52-44(32-39)42-33-41(55-15-2-1-3-16-55)10-11-43(42)54-47(61)38-8-4-7-37(30-38)35-66-29-28-65-27-26-64-25-24-63-23-22-62-21-13-45(59)56(17-19-57)18-20-58/h4-12,14,30-33,57-58H,1-3,13,15-29,34-35H2,(H,53,60)(H,54,61). The molecule has 0 radical (unpaired) electrons. The fourth-order valence-electron chi connectivity index (χ4n) is 7.05. The van der Waals surface area contributed by atoms with E-state index in [1.165, 1.54) is 29.3 Å². The predicted octanol–water partition coefficient (Wildman–Crippen LogP) is 6.44. The maximum Gasteiger partial charge on any atom is 0.416 e. The van der Waals surface area contributed by atoms with Gasteiger partial charge in [0.2, 0.25) is 5.91 Å². The molecule has 3 aromatic carbocycles. The average molecular weight is 940 g/mol. The van der Waals surface area contributed by atoms with E-state index in [9.17, 15) is 27.6 Å². The van der Waals surface area contributed by atoms with E-state index in [0.717, 1.165) is 61.5 Å². The summed E-state index contributed by atoms with van der Waals surface area (Å²) in [5, 5.41) is 23.8. The van der Waals surface area contributed by atoms with Gasteiger partial charge in [0.1, 0.15) is 0 Å². The van der Waals surface area contributed by atoms with E-state index in [1.807, 2.05) is 36.4 Å². The van der Waals surface area contributed by atoms with Crippen molar-refractivity contribution in [2.45, 2.75) is 44.2 Å². The molecule has 0 saturated carbocycles. The second-order valence-electron chi connectivity index (χ2n) is 15.3. The van der Waals surface area contributed by atoms with Crippen molar-refractivity contribution in [3.8, 4) is 11.3 Å². The molecule has 18 heteroatoms. The first-order valence-electron chi connectivity index (χ1n) is 22.1. The topological polar surface area (TPSA) is 172 Å². The normalized spacial score (nSPS) is 12.8. The van der Waals surface area contributed by atoms with Crippen LogP contribution in [0.5, 0.6) is 0 Å². The van der Waals surface area contributed by atoms with Crippen LogP contribution in [0.3, 0.4) is 0 Å². The Morgan fingerprint density at radius 1 is 0.727 bits per heavy atom. The van der Waals surface area contributed by atoms with Crippen molar-refractivity contribution < 1.29 is 56.7 Å². The van der Waals surface area contributed by atoms with Gasteiger partial charge in [-0.2, -0.15) is 24.9 Å². The van der Waals surface area contributed by atoms with E-state index in [-0.39, 0.29) is 63.3 Å². The second kappa shape index (κ2) is 28.2. The number of carbonyl (C=O) groups excluding carboxylic acids is 3. The number of nitrogens with zero attached hydrogens (tertiary/aromatic N) is 3. The Bertz CT molecular complexity index is 2120. The van der Waals surface area contributed by atoms with Crippen LogP contribution in [0.15, 0.2) is 85.1 Å². The third-order valence-corrected chi connectivity index (χ3v) is 11.5. The quantitative estimate of drug-likeness (QED) is 0.0460. The summed E-state index contributed by atoms with van der Waals surface area (Å²) in [4.78, 5) is 47.4. The number of halogens is 3. The van der Waals surface area contributed by atoms with Crippen LogP contribution in [-0.2, 0) is 42.2 Å². The highest BCUT2D eigenvalue weighted by atomic mass is 32.2. The van der Waals surface area contributed by atoms with Gasteiger partial charge in [0, 0.05) is 72.8 Å². The number of aliphatic hydroxyl groups excluding tert-OH is 2. The summed E-state index contributed by atoms with van der Waals surface area (Å²) >= 11 is 1.68. The Morgan fingerprint density at radius 2 is 1.38 bits per heavy atom. The Morgan fingerprint density at radius 3 is 2.08 bits per heavy atom. The molecule has 1 saturated heterocycles. The summed E-state index contributed by atoms with van der Waals surface area (Å²) in [6.45, 7) is 4.86. The van der Waals surface area contributed by atoms with Gasteiger partial charge >= 0.3 is 6.18 Å². The minimum atomic E-state index is -4.49. The van der Waals surface area contributed by atoms with Gasteiger partial charge in [0.25, 0.3) is 11.8 Å². The SMILES string of the molecule is O=C(NCc1cccc(C(F)(F)F)c1)c1ccnc(-c2cc(N3CCCCC3)ccc2NC(=O)c2cccc(CSCCOCCOCCOCCOCCC(=O)N(CCO)CCO)c2)c1. The monoisotopic (exact) mass is 939 g/mol. The number of carbonyl (C=O) groups is 3. The van der Waals surface area contributed by atoms with E-state index in [1.54, 1.807) is 23.9 Å². The molecule has 1 fully saturated rings. The van der Waals surface area contributed by atoms with Crippen LogP contribution in [0, 0.1) is 0 Å². The molecule has 2 heterocycles. The number of rotatable bonds is 28. The zero-order valence-electron chi connectivity index (χ0n) is 37.1. The molecule has 0 aliphatic carbocycles. The first kappa shape index (κ1) is 51.9. The number of anilines is 2. The minimum Gasteiger partial charge on any atom is -0.395 e. The van der Waals surface area contributed by atoms with Crippen molar-refractivity contribution in [1.29, 1.82) is 0 Å². The minimum absolute atomic E-state index is 0.0969. The zero-order chi connectivity index (χ0) is 47.0. The van der Waals surface area contributed by atoms with Gasteiger partial charge in [-0.1, -0.05) is 24.3 Å². The number of ether oxygens (including phenoxy) is 4. The molecule has 1 aliphatic heterocycles. The number of thioether (sulfide) groups is 1. The lowest BCUT2D eigenvalue weighted by molar-refractivity contribution is -0.137. The Hall–Kier alpha value is -5.08. The van der Waals surface area contributed by atoms with Crippen LogP contribution >= 0.6 is 11.8 Å². The molecule has 4 aromatic rings. The van der Waals surface area contributed by atoms with Crippen molar-refractivity contribution >= 4 is 40.9 Å². The predicted molar refractivity (Wildman–Crippen MR) is 248 cm³/mol. The van der Waals surface area contributed by atoms with Crippen molar-refractivity contribution in [3.63, 3.8) is 0 Å². The maximum absolute atomic E-state index is 13.8. The van der Waals surface area contributed by atoms with Crippen molar-refractivity contribution in [2.75, 3.05) is 108 Å².